The molecule has 0 saturated heterocycles. The van der Waals surface area contributed by atoms with E-state index in [4.69, 9.17) is 5.11 Å². The van der Waals surface area contributed by atoms with Crippen LogP contribution in [-0.2, 0) is 11.2 Å². The standard InChI is InChI=1S/C11H12O2S/c12-11(13)5-7-3-9(8-1-2-8)6-10(14)4-7/h3-4,6,8,14H,1-2,5H2,(H,12,13). The Labute approximate surface area is 88.4 Å². The van der Waals surface area contributed by atoms with Gasteiger partial charge in [0.1, 0.15) is 0 Å². The predicted octanol–water partition coefficient (Wildman–Crippen LogP) is 2.48. The molecule has 74 valence electrons. The third-order valence-corrected chi connectivity index (χ3v) is 2.66. The minimum atomic E-state index is -0.786. The molecule has 0 atom stereocenters. The lowest BCUT2D eigenvalue weighted by Gasteiger charge is -2.04. The Kier molecular flexibility index (Phi) is 2.50. The molecular weight excluding hydrogens is 196 g/mol. The Morgan fingerprint density at radius 1 is 1.43 bits per heavy atom. The summed E-state index contributed by atoms with van der Waals surface area (Å²) in [6, 6.07) is 5.85. The fourth-order valence-corrected chi connectivity index (χ4v) is 1.94. The van der Waals surface area contributed by atoms with E-state index in [1.807, 2.05) is 18.2 Å². The van der Waals surface area contributed by atoms with Crippen LogP contribution in [0.3, 0.4) is 0 Å². The number of carboxylic acids is 1. The van der Waals surface area contributed by atoms with Crippen LogP contribution in [0.5, 0.6) is 0 Å². The van der Waals surface area contributed by atoms with E-state index in [0.717, 1.165) is 10.5 Å². The van der Waals surface area contributed by atoms with Gasteiger partial charge in [0, 0.05) is 4.90 Å². The van der Waals surface area contributed by atoms with E-state index >= 15 is 0 Å². The van der Waals surface area contributed by atoms with Crippen molar-refractivity contribution < 1.29 is 9.90 Å². The summed E-state index contributed by atoms with van der Waals surface area (Å²) in [4.78, 5) is 11.4. The smallest absolute Gasteiger partial charge is 0.307 e. The molecule has 0 radical (unpaired) electrons. The number of hydrogen-bond donors (Lipinski definition) is 2. The lowest BCUT2D eigenvalue weighted by molar-refractivity contribution is -0.136. The first-order valence-electron chi connectivity index (χ1n) is 4.70. The van der Waals surface area contributed by atoms with Gasteiger partial charge in [-0.2, -0.15) is 0 Å². The molecule has 14 heavy (non-hydrogen) atoms. The molecule has 1 N–H and O–H groups in total. The molecule has 0 bridgehead atoms. The highest BCUT2D eigenvalue weighted by Gasteiger charge is 2.24. The molecule has 2 nitrogen and oxygen atoms in total. The molecular formula is C11H12O2S. The molecule has 0 aliphatic heterocycles. The third-order valence-electron chi connectivity index (χ3n) is 2.40. The van der Waals surface area contributed by atoms with E-state index < -0.39 is 5.97 Å². The van der Waals surface area contributed by atoms with Crippen molar-refractivity contribution in [3.63, 3.8) is 0 Å². The molecule has 1 fully saturated rings. The molecule has 0 amide bonds. The monoisotopic (exact) mass is 208 g/mol. The fourth-order valence-electron chi connectivity index (χ4n) is 1.63. The average molecular weight is 208 g/mol. The van der Waals surface area contributed by atoms with Gasteiger partial charge in [-0.3, -0.25) is 4.79 Å². The first-order valence-corrected chi connectivity index (χ1v) is 5.14. The zero-order chi connectivity index (χ0) is 10.1. The highest BCUT2D eigenvalue weighted by molar-refractivity contribution is 7.80. The summed E-state index contributed by atoms with van der Waals surface area (Å²) in [6.45, 7) is 0. The minimum absolute atomic E-state index is 0.0914. The zero-order valence-electron chi connectivity index (χ0n) is 7.73. The maximum Gasteiger partial charge on any atom is 0.307 e. The highest BCUT2D eigenvalue weighted by atomic mass is 32.1. The number of rotatable bonds is 3. The van der Waals surface area contributed by atoms with Gasteiger partial charge >= 0.3 is 5.97 Å². The second-order valence-corrected chi connectivity index (χ2v) is 4.29. The molecule has 3 heteroatoms. The number of carboxylic acid groups (broad SMARTS) is 1. The predicted molar refractivity (Wildman–Crippen MR) is 57.0 cm³/mol. The van der Waals surface area contributed by atoms with Crippen LogP contribution in [0.15, 0.2) is 23.1 Å². The molecule has 1 saturated carbocycles. The van der Waals surface area contributed by atoms with Crippen molar-refractivity contribution in [2.45, 2.75) is 30.1 Å². The van der Waals surface area contributed by atoms with Crippen molar-refractivity contribution >= 4 is 18.6 Å². The number of benzene rings is 1. The van der Waals surface area contributed by atoms with Gasteiger partial charge < -0.3 is 5.11 Å². The van der Waals surface area contributed by atoms with Gasteiger partial charge in [0.25, 0.3) is 0 Å². The van der Waals surface area contributed by atoms with Gasteiger partial charge in [-0.15, -0.1) is 12.6 Å². The van der Waals surface area contributed by atoms with Crippen LogP contribution in [0.2, 0.25) is 0 Å². The van der Waals surface area contributed by atoms with Crippen LogP contribution >= 0.6 is 12.6 Å². The summed E-state index contributed by atoms with van der Waals surface area (Å²) in [7, 11) is 0. The molecule has 0 aromatic heterocycles. The zero-order valence-corrected chi connectivity index (χ0v) is 8.63. The molecule has 2 rings (SSSR count). The second-order valence-electron chi connectivity index (χ2n) is 3.78. The summed E-state index contributed by atoms with van der Waals surface area (Å²) >= 11 is 4.28. The Hall–Kier alpha value is -0.960. The Morgan fingerprint density at radius 3 is 2.71 bits per heavy atom. The lowest BCUT2D eigenvalue weighted by atomic mass is 10.1. The van der Waals surface area contributed by atoms with Crippen LogP contribution in [0, 0.1) is 0 Å². The van der Waals surface area contributed by atoms with Crippen molar-refractivity contribution in [1.82, 2.24) is 0 Å². The third kappa shape index (κ3) is 2.29. The van der Waals surface area contributed by atoms with Crippen LogP contribution in [0.25, 0.3) is 0 Å². The molecule has 0 heterocycles. The summed E-state index contributed by atoms with van der Waals surface area (Å²) in [5.41, 5.74) is 2.10. The van der Waals surface area contributed by atoms with Crippen molar-refractivity contribution in [2.24, 2.45) is 0 Å². The van der Waals surface area contributed by atoms with Crippen LogP contribution in [0.4, 0.5) is 0 Å². The van der Waals surface area contributed by atoms with E-state index in [1.165, 1.54) is 18.4 Å². The van der Waals surface area contributed by atoms with E-state index in [-0.39, 0.29) is 6.42 Å². The number of carbonyl (C=O) groups is 1. The van der Waals surface area contributed by atoms with E-state index in [0.29, 0.717) is 5.92 Å². The number of thiol groups is 1. The van der Waals surface area contributed by atoms with Crippen molar-refractivity contribution in [3.05, 3.63) is 29.3 Å². The maximum absolute atomic E-state index is 10.6. The van der Waals surface area contributed by atoms with Gasteiger partial charge in [0.2, 0.25) is 0 Å². The molecule has 0 spiro atoms. The first kappa shape index (κ1) is 9.59. The van der Waals surface area contributed by atoms with Gasteiger partial charge in [-0.25, -0.2) is 0 Å². The van der Waals surface area contributed by atoms with Crippen LogP contribution < -0.4 is 0 Å². The van der Waals surface area contributed by atoms with Gasteiger partial charge in [-0.05, 0) is 42.0 Å². The largest absolute Gasteiger partial charge is 0.481 e. The topological polar surface area (TPSA) is 37.3 Å². The number of hydrogen-bond acceptors (Lipinski definition) is 2. The lowest BCUT2D eigenvalue weighted by Crippen LogP contribution is -2.00. The molecule has 1 aromatic rings. The quantitative estimate of drug-likeness (QED) is 0.749. The maximum atomic E-state index is 10.6. The average Bonchev–Trinajstić information content (AvgIpc) is 2.82. The molecule has 1 aliphatic carbocycles. The molecule has 1 aliphatic rings. The normalized spacial score (nSPS) is 15.5. The SMILES string of the molecule is O=C(O)Cc1cc(S)cc(C2CC2)c1. The van der Waals surface area contributed by atoms with E-state index in [2.05, 4.69) is 12.6 Å². The Bertz CT molecular complexity index is 370. The van der Waals surface area contributed by atoms with Gasteiger partial charge in [0.05, 0.1) is 6.42 Å². The minimum Gasteiger partial charge on any atom is -0.481 e. The van der Waals surface area contributed by atoms with Crippen LogP contribution in [-0.4, -0.2) is 11.1 Å². The fraction of sp³-hybridized carbons (Fsp3) is 0.364. The van der Waals surface area contributed by atoms with Gasteiger partial charge in [0.15, 0.2) is 0 Å². The van der Waals surface area contributed by atoms with Crippen molar-refractivity contribution in [3.8, 4) is 0 Å². The van der Waals surface area contributed by atoms with Crippen molar-refractivity contribution in [1.29, 1.82) is 0 Å². The number of aliphatic carboxylic acids is 1. The van der Waals surface area contributed by atoms with E-state index in [1.54, 1.807) is 0 Å². The second kappa shape index (κ2) is 3.65. The van der Waals surface area contributed by atoms with Crippen LogP contribution in [0.1, 0.15) is 29.9 Å². The van der Waals surface area contributed by atoms with Gasteiger partial charge in [-0.1, -0.05) is 6.07 Å². The summed E-state index contributed by atoms with van der Waals surface area (Å²) in [5, 5.41) is 8.68. The Morgan fingerprint density at radius 2 is 2.14 bits per heavy atom. The van der Waals surface area contributed by atoms with E-state index in [9.17, 15) is 4.79 Å². The molecule has 0 unspecified atom stereocenters. The summed E-state index contributed by atoms with van der Waals surface area (Å²) in [6.07, 6.45) is 2.54. The highest BCUT2D eigenvalue weighted by Crippen LogP contribution is 2.41. The van der Waals surface area contributed by atoms with Crippen molar-refractivity contribution in [2.75, 3.05) is 0 Å². The Balaban J connectivity index is 2.26. The summed E-state index contributed by atoms with van der Waals surface area (Å²) in [5.74, 6) is -0.139. The summed E-state index contributed by atoms with van der Waals surface area (Å²) < 4.78 is 0. The molecule has 1 aromatic carbocycles. The first-order chi connectivity index (χ1) is 6.65.